The average molecular weight is 382 g/mol. The maximum atomic E-state index is 13.3. The Bertz CT molecular complexity index is 610. The Morgan fingerprint density at radius 2 is 2.22 bits per heavy atom. The molecule has 5 atom stereocenters. The zero-order valence-electron chi connectivity index (χ0n) is 15.9. The van der Waals surface area contributed by atoms with Crippen LogP contribution in [-0.4, -0.2) is 74.4 Å². The third-order valence-electron chi connectivity index (χ3n) is 5.67. The standard InChI is InChI=1S/C17H31FN8O/c1-9-22-8-13(26(9)2)11-3-4-21-7-12(11)25-17(27)14(15(19)20)16-23-5-10(18)6-24-16/h7,9-11,13-15,21-22H,3-6,8,19-20H2,1-2H3,(H,23,24)(H,25,27). The van der Waals surface area contributed by atoms with Gasteiger partial charge in [0, 0.05) is 43.5 Å². The zero-order chi connectivity index (χ0) is 19.6. The molecule has 3 aliphatic heterocycles. The molecule has 3 heterocycles. The molecular formula is C17H31FN8O. The summed E-state index contributed by atoms with van der Waals surface area (Å²) in [7, 11) is 2.09. The molecule has 0 aromatic carbocycles. The highest BCUT2D eigenvalue weighted by Gasteiger charge is 2.38. The first kappa shape index (κ1) is 20.0. The summed E-state index contributed by atoms with van der Waals surface area (Å²) in [5.74, 6) is -0.635. The molecule has 8 N–H and O–H groups in total. The summed E-state index contributed by atoms with van der Waals surface area (Å²) in [6.45, 7) is 3.97. The van der Waals surface area contributed by atoms with E-state index in [0.29, 0.717) is 12.0 Å². The second kappa shape index (κ2) is 8.51. The van der Waals surface area contributed by atoms with Crippen LogP contribution in [0.15, 0.2) is 16.9 Å². The SMILES string of the molecule is CC1NCC(C2CCNC=C2NC(=O)C(C2=NCC(F)CN2)C(N)N)N1C. The van der Waals surface area contributed by atoms with Crippen LogP contribution < -0.4 is 32.7 Å². The predicted octanol–water partition coefficient (Wildman–Crippen LogP) is -2.00. The molecule has 27 heavy (non-hydrogen) atoms. The molecule has 9 nitrogen and oxygen atoms in total. The lowest BCUT2D eigenvalue weighted by Crippen LogP contribution is -2.56. The molecule has 1 saturated heterocycles. The lowest BCUT2D eigenvalue weighted by Gasteiger charge is -2.35. The highest BCUT2D eigenvalue weighted by molar-refractivity contribution is 6.04. The number of aliphatic imine (C=N–C) groups is 1. The Hall–Kier alpha value is -1.75. The molecule has 0 bridgehead atoms. The lowest BCUT2D eigenvalue weighted by molar-refractivity contribution is -0.123. The van der Waals surface area contributed by atoms with Gasteiger partial charge < -0.3 is 32.7 Å². The van der Waals surface area contributed by atoms with Gasteiger partial charge in [-0.15, -0.1) is 0 Å². The van der Waals surface area contributed by atoms with Crippen LogP contribution in [0.25, 0.3) is 0 Å². The molecule has 3 rings (SSSR count). The van der Waals surface area contributed by atoms with Gasteiger partial charge in [-0.05, 0) is 20.4 Å². The zero-order valence-corrected chi connectivity index (χ0v) is 15.9. The minimum atomic E-state index is -1.06. The Kier molecular flexibility index (Phi) is 6.30. The second-order valence-electron chi connectivity index (χ2n) is 7.51. The van der Waals surface area contributed by atoms with Gasteiger partial charge in [-0.3, -0.25) is 14.7 Å². The van der Waals surface area contributed by atoms with E-state index in [1.807, 2.05) is 6.20 Å². The minimum absolute atomic E-state index is 0.0160. The summed E-state index contributed by atoms with van der Waals surface area (Å²) in [6.07, 6.45) is 1.07. The number of rotatable bonds is 5. The van der Waals surface area contributed by atoms with Crippen molar-refractivity contribution in [1.82, 2.24) is 26.2 Å². The number of amidine groups is 1. The first-order valence-electron chi connectivity index (χ1n) is 9.51. The average Bonchev–Trinajstić information content (AvgIpc) is 2.96. The Labute approximate surface area is 159 Å². The van der Waals surface area contributed by atoms with Crippen LogP contribution in [0.4, 0.5) is 4.39 Å². The first-order valence-corrected chi connectivity index (χ1v) is 9.51. The van der Waals surface area contributed by atoms with E-state index in [2.05, 4.69) is 45.1 Å². The van der Waals surface area contributed by atoms with Gasteiger partial charge in [0.15, 0.2) is 0 Å². The monoisotopic (exact) mass is 382 g/mol. The predicted molar refractivity (Wildman–Crippen MR) is 102 cm³/mol. The number of hydrogen-bond donors (Lipinski definition) is 6. The van der Waals surface area contributed by atoms with Crippen molar-refractivity contribution in [2.75, 3.05) is 33.2 Å². The molecule has 152 valence electrons. The number of carbonyl (C=O) groups excluding carboxylic acids is 1. The molecule has 0 spiro atoms. The third-order valence-corrected chi connectivity index (χ3v) is 5.67. The number of hydrogen-bond acceptors (Lipinski definition) is 8. The van der Waals surface area contributed by atoms with Gasteiger partial charge in [0.2, 0.25) is 5.91 Å². The molecule has 0 aromatic rings. The lowest BCUT2D eigenvalue weighted by atomic mass is 9.90. The molecule has 3 aliphatic rings. The fraction of sp³-hybridized carbons (Fsp3) is 0.765. The molecule has 5 unspecified atom stereocenters. The summed E-state index contributed by atoms with van der Waals surface area (Å²) in [5, 5.41) is 12.5. The maximum absolute atomic E-state index is 13.3. The van der Waals surface area contributed by atoms with Crippen LogP contribution in [0, 0.1) is 11.8 Å². The maximum Gasteiger partial charge on any atom is 0.237 e. The number of nitrogens with zero attached hydrogens (tertiary/aromatic N) is 2. The number of carbonyl (C=O) groups is 1. The topological polar surface area (TPSA) is 133 Å². The van der Waals surface area contributed by atoms with Crippen molar-refractivity contribution in [2.24, 2.45) is 28.3 Å². The third kappa shape index (κ3) is 4.40. The molecule has 1 amide bonds. The van der Waals surface area contributed by atoms with Crippen LogP contribution >= 0.6 is 0 Å². The van der Waals surface area contributed by atoms with Gasteiger partial charge in [-0.25, -0.2) is 4.39 Å². The highest BCUT2D eigenvalue weighted by Crippen LogP contribution is 2.27. The molecule has 10 heteroatoms. The number of alkyl halides is 1. The summed E-state index contributed by atoms with van der Waals surface area (Å²) >= 11 is 0. The summed E-state index contributed by atoms with van der Waals surface area (Å²) < 4.78 is 13.3. The van der Waals surface area contributed by atoms with Crippen LogP contribution in [0.2, 0.25) is 0 Å². The summed E-state index contributed by atoms with van der Waals surface area (Å²) in [5.41, 5.74) is 12.5. The smallest absolute Gasteiger partial charge is 0.237 e. The molecule has 0 radical (unpaired) electrons. The van der Waals surface area contributed by atoms with Crippen LogP contribution in [0.3, 0.4) is 0 Å². The number of nitrogens with two attached hydrogens (primary N) is 2. The van der Waals surface area contributed by atoms with E-state index < -0.39 is 18.3 Å². The quantitative estimate of drug-likeness (QED) is 0.303. The van der Waals surface area contributed by atoms with E-state index in [-0.39, 0.29) is 31.0 Å². The largest absolute Gasteiger partial charge is 0.389 e. The summed E-state index contributed by atoms with van der Waals surface area (Å²) in [4.78, 5) is 19.4. The van der Waals surface area contributed by atoms with E-state index in [9.17, 15) is 9.18 Å². The van der Waals surface area contributed by atoms with Crippen molar-refractivity contribution >= 4 is 11.7 Å². The number of nitrogens with one attached hydrogen (secondary N) is 4. The van der Waals surface area contributed by atoms with E-state index in [4.69, 9.17) is 11.5 Å². The first-order chi connectivity index (χ1) is 12.9. The van der Waals surface area contributed by atoms with Crippen LogP contribution in [-0.2, 0) is 4.79 Å². The van der Waals surface area contributed by atoms with Crippen molar-refractivity contribution in [3.8, 4) is 0 Å². The fourth-order valence-electron chi connectivity index (χ4n) is 3.95. The Balaban J connectivity index is 1.73. The van der Waals surface area contributed by atoms with Crippen molar-refractivity contribution in [2.45, 2.75) is 37.9 Å². The van der Waals surface area contributed by atoms with Gasteiger partial charge in [-0.2, -0.15) is 0 Å². The Morgan fingerprint density at radius 1 is 1.44 bits per heavy atom. The van der Waals surface area contributed by atoms with Crippen molar-refractivity contribution in [3.05, 3.63) is 11.9 Å². The molecular weight excluding hydrogens is 351 g/mol. The van der Waals surface area contributed by atoms with Crippen molar-refractivity contribution in [3.63, 3.8) is 0 Å². The number of likely N-dealkylation sites (N-methyl/N-ethyl adjacent to an activating group) is 1. The number of halogens is 1. The Morgan fingerprint density at radius 3 is 2.81 bits per heavy atom. The van der Waals surface area contributed by atoms with Gasteiger partial charge in [0.05, 0.1) is 18.9 Å². The van der Waals surface area contributed by atoms with Crippen molar-refractivity contribution in [1.29, 1.82) is 0 Å². The van der Waals surface area contributed by atoms with Gasteiger partial charge >= 0.3 is 0 Å². The normalized spacial score (nSPS) is 33.0. The summed E-state index contributed by atoms with van der Waals surface area (Å²) in [6, 6.07) is 0.288. The van der Waals surface area contributed by atoms with E-state index in [1.54, 1.807) is 0 Å². The van der Waals surface area contributed by atoms with Crippen molar-refractivity contribution < 1.29 is 9.18 Å². The highest BCUT2D eigenvalue weighted by atomic mass is 19.1. The van der Waals surface area contributed by atoms with Gasteiger partial charge in [0.25, 0.3) is 0 Å². The van der Waals surface area contributed by atoms with Gasteiger partial charge in [0.1, 0.15) is 17.9 Å². The minimum Gasteiger partial charge on any atom is -0.389 e. The van der Waals surface area contributed by atoms with E-state index >= 15 is 0 Å². The molecule has 0 aromatic heterocycles. The molecule has 0 aliphatic carbocycles. The molecule has 1 fully saturated rings. The molecule has 0 saturated carbocycles. The van der Waals surface area contributed by atoms with E-state index in [1.165, 1.54) is 0 Å². The van der Waals surface area contributed by atoms with Crippen LogP contribution in [0.1, 0.15) is 13.3 Å². The van der Waals surface area contributed by atoms with Gasteiger partial charge in [-0.1, -0.05) is 0 Å². The second-order valence-corrected chi connectivity index (χ2v) is 7.51. The fourth-order valence-corrected chi connectivity index (χ4v) is 3.95. The number of amides is 1. The van der Waals surface area contributed by atoms with Crippen LogP contribution in [0.5, 0.6) is 0 Å². The van der Waals surface area contributed by atoms with E-state index in [0.717, 1.165) is 25.2 Å².